The lowest BCUT2D eigenvalue weighted by atomic mass is 9.78. The predicted molar refractivity (Wildman–Crippen MR) is 274 cm³/mol. The fourth-order valence-electron chi connectivity index (χ4n) is 10.6. The Balaban J connectivity index is 1.87. The summed E-state index contributed by atoms with van der Waals surface area (Å²) in [5, 5.41) is 22.6. The zero-order valence-corrected chi connectivity index (χ0v) is 46.1. The molecule has 0 bridgehead atoms. The number of carbonyl (C=O) groups excluding carboxylic acids is 5. The third kappa shape index (κ3) is 18.6. The van der Waals surface area contributed by atoms with Gasteiger partial charge in [-0.2, -0.15) is 0 Å². The lowest BCUT2D eigenvalue weighted by Crippen LogP contribution is -2.61. The molecule has 0 radical (unpaired) electrons. The van der Waals surface area contributed by atoms with Crippen molar-refractivity contribution in [2.24, 2.45) is 35.5 Å². The second-order valence-corrected chi connectivity index (χ2v) is 21.2. The minimum Gasteiger partial charge on any atom is -0.460 e. The van der Waals surface area contributed by atoms with Crippen LogP contribution in [0.2, 0.25) is 0 Å². The molecule has 0 aromatic heterocycles. The molecule has 0 unspecified atom stereocenters. The van der Waals surface area contributed by atoms with Crippen LogP contribution < -0.4 is 0 Å². The zero-order chi connectivity index (χ0) is 53.7. The Morgan fingerprint density at radius 2 is 1.54 bits per heavy atom. The van der Waals surface area contributed by atoms with Crippen molar-refractivity contribution in [3.05, 3.63) is 35.5 Å². The number of ketones is 3. The van der Waals surface area contributed by atoms with Gasteiger partial charge in [0.15, 0.2) is 5.78 Å². The number of amides is 1. The molecule has 1 aliphatic carbocycles. The van der Waals surface area contributed by atoms with Crippen molar-refractivity contribution in [3.63, 3.8) is 0 Å². The van der Waals surface area contributed by atoms with E-state index in [1.807, 2.05) is 45.9 Å². The van der Waals surface area contributed by atoms with Gasteiger partial charge < -0.3 is 53.0 Å². The molecule has 3 aliphatic rings. The van der Waals surface area contributed by atoms with Gasteiger partial charge in [0.05, 0.1) is 50.8 Å². The Bertz CT molecular complexity index is 1800. The second kappa shape index (κ2) is 31.6. The number of ether oxygens (including phenoxy) is 8. The van der Waals surface area contributed by atoms with Crippen molar-refractivity contribution in [1.82, 2.24) is 4.90 Å². The van der Waals surface area contributed by atoms with Crippen molar-refractivity contribution in [2.45, 2.75) is 194 Å². The minimum atomic E-state index is -2.45. The average molecular weight is 1020 g/mol. The number of aliphatic hydroxyl groups is 2. The van der Waals surface area contributed by atoms with Crippen molar-refractivity contribution < 1.29 is 72.1 Å². The molecule has 2 aliphatic heterocycles. The molecule has 3 fully saturated rings. The molecular weight excluding hydrogens is 927 g/mol. The van der Waals surface area contributed by atoms with Gasteiger partial charge in [0.25, 0.3) is 11.7 Å². The van der Waals surface area contributed by atoms with Gasteiger partial charge in [-0.05, 0) is 114 Å². The molecule has 1 amide bonds. The standard InChI is InChI=1S/C56H93NO15/c1-14-15-18-36(4)47(70-28-27-69-26-25-65-10)33-43-22-20-41(9)56(64,72-43)53(61)54(62)57-24-17-16-19-44(57)55(63)71-48(38(6)31-42-21-23-45(58)49(32-42)66-11)34-46(59)37(5)30-40(8)51(67-12)52(68-13)50(60)39(7)29-35(2)3/h14-15,18,30,35,37-39,41-45,47-49,51-52,58,64H,16-17,19-29,31-34H2,1-13H3/b15-14+,36-18+,40-30+/t37-,38-,39-,41-,42+,43+,44+,45-,47+,48+,49-,51-,52+,56-/m1/s1. The van der Waals surface area contributed by atoms with E-state index < -0.39 is 77.9 Å². The first-order valence-electron chi connectivity index (χ1n) is 26.6. The molecule has 16 heteroatoms. The molecular formula is C56H93NO15. The minimum absolute atomic E-state index is 0.0813. The summed E-state index contributed by atoms with van der Waals surface area (Å²) >= 11 is 0. The first-order chi connectivity index (χ1) is 34.2. The number of methoxy groups -OCH3 is 4. The number of likely N-dealkylation sites (tertiary alicyclic amines) is 1. The van der Waals surface area contributed by atoms with E-state index >= 15 is 0 Å². The summed E-state index contributed by atoms with van der Waals surface area (Å²) in [5.74, 6) is -7.20. The number of piperidine rings is 1. The van der Waals surface area contributed by atoms with Gasteiger partial charge >= 0.3 is 5.97 Å². The summed E-state index contributed by atoms with van der Waals surface area (Å²) in [6, 6.07) is -1.15. The maximum absolute atomic E-state index is 14.5. The van der Waals surface area contributed by atoms with E-state index in [9.17, 15) is 34.2 Å². The number of hydrogen-bond donors (Lipinski definition) is 2. The molecule has 0 spiro atoms. The van der Waals surface area contributed by atoms with Gasteiger partial charge in [0, 0.05) is 65.6 Å². The van der Waals surface area contributed by atoms with E-state index in [2.05, 4.69) is 13.8 Å². The largest absolute Gasteiger partial charge is 0.460 e. The summed E-state index contributed by atoms with van der Waals surface area (Å²) in [7, 11) is 6.16. The van der Waals surface area contributed by atoms with Crippen LogP contribution in [0.4, 0.5) is 0 Å². The first kappa shape index (κ1) is 63.1. The predicted octanol–water partition coefficient (Wildman–Crippen LogP) is 7.34. The van der Waals surface area contributed by atoms with Gasteiger partial charge in [-0.3, -0.25) is 19.2 Å². The highest BCUT2D eigenvalue weighted by Crippen LogP contribution is 2.38. The Morgan fingerprint density at radius 1 is 0.847 bits per heavy atom. The molecule has 14 atom stereocenters. The third-order valence-corrected chi connectivity index (χ3v) is 15.0. The van der Waals surface area contributed by atoms with Crippen LogP contribution in [0.1, 0.15) is 139 Å². The van der Waals surface area contributed by atoms with Crippen molar-refractivity contribution in [3.8, 4) is 0 Å². The second-order valence-electron chi connectivity index (χ2n) is 21.2. The molecule has 3 rings (SSSR count). The van der Waals surface area contributed by atoms with E-state index in [4.69, 9.17) is 37.9 Å². The van der Waals surface area contributed by atoms with Crippen LogP contribution in [0.25, 0.3) is 0 Å². The van der Waals surface area contributed by atoms with Gasteiger partial charge in [-0.25, -0.2) is 4.79 Å². The molecule has 2 N–H and O–H groups in total. The normalized spacial score (nSPS) is 27.5. The van der Waals surface area contributed by atoms with E-state index in [0.717, 1.165) is 12.0 Å². The fourth-order valence-corrected chi connectivity index (χ4v) is 10.6. The van der Waals surface area contributed by atoms with E-state index in [1.165, 1.54) is 19.1 Å². The highest BCUT2D eigenvalue weighted by atomic mass is 16.6. The average Bonchev–Trinajstić information content (AvgIpc) is 3.35. The number of esters is 1. The fraction of sp³-hybridized carbons (Fsp3) is 0.804. The molecule has 412 valence electrons. The molecule has 72 heavy (non-hydrogen) atoms. The summed E-state index contributed by atoms with van der Waals surface area (Å²) < 4.78 is 46.6. The Kier molecular flexibility index (Phi) is 27.7. The molecule has 1 saturated carbocycles. The van der Waals surface area contributed by atoms with Crippen LogP contribution in [-0.2, 0) is 61.9 Å². The van der Waals surface area contributed by atoms with E-state index in [1.54, 1.807) is 41.1 Å². The van der Waals surface area contributed by atoms with Gasteiger partial charge in [0.1, 0.15) is 30.1 Å². The molecule has 0 aromatic carbocycles. The quantitative estimate of drug-likeness (QED) is 0.0229. The van der Waals surface area contributed by atoms with Crippen LogP contribution in [-0.4, -0.2) is 160 Å². The molecule has 2 saturated heterocycles. The number of carbonyl (C=O) groups is 5. The number of hydrogen-bond acceptors (Lipinski definition) is 15. The van der Waals surface area contributed by atoms with Crippen molar-refractivity contribution >= 4 is 29.2 Å². The first-order valence-corrected chi connectivity index (χ1v) is 26.6. The maximum atomic E-state index is 14.5. The van der Waals surface area contributed by atoms with E-state index in [-0.39, 0.29) is 54.8 Å². The van der Waals surface area contributed by atoms with Crippen LogP contribution >= 0.6 is 0 Å². The molecule has 0 aromatic rings. The highest BCUT2D eigenvalue weighted by Gasteiger charge is 2.53. The van der Waals surface area contributed by atoms with Crippen molar-refractivity contribution in [2.75, 3.05) is 61.4 Å². The monoisotopic (exact) mass is 1020 g/mol. The lowest BCUT2D eigenvalue weighted by molar-refractivity contribution is -0.266. The van der Waals surface area contributed by atoms with Crippen LogP contribution in [0.5, 0.6) is 0 Å². The van der Waals surface area contributed by atoms with Crippen molar-refractivity contribution in [1.29, 1.82) is 0 Å². The highest BCUT2D eigenvalue weighted by molar-refractivity contribution is 6.39. The Morgan fingerprint density at radius 3 is 2.18 bits per heavy atom. The topological polar surface area (TPSA) is 203 Å². The number of Topliss-reactive ketones (excluding diaryl/α,β-unsaturated/α-hetero) is 3. The molecule has 2 heterocycles. The Hall–Kier alpha value is -3.19. The summed E-state index contributed by atoms with van der Waals surface area (Å²) in [6.45, 7) is 18.6. The number of rotatable bonds is 31. The number of allylic oxidation sites excluding steroid dienone is 4. The lowest BCUT2D eigenvalue weighted by Gasteiger charge is -2.43. The van der Waals surface area contributed by atoms with Crippen LogP contribution in [0.15, 0.2) is 35.5 Å². The molecule has 16 nitrogen and oxygen atoms in total. The van der Waals surface area contributed by atoms with Gasteiger partial charge in [-0.1, -0.05) is 65.8 Å². The van der Waals surface area contributed by atoms with Crippen LogP contribution in [0, 0.1) is 35.5 Å². The third-order valence-electron chi connectivity index (χ3n) is 15.0. The SMILES string of the molecule is C/C=C/C=C(\C)[C@H](C[C@@H]1CC[C@@H](C)[C@](O)(C(=O)C(=O)N2CCCC[C@H]2C(=O)O[C@@H](CC(=O)[C@H](C)/C=C(\C)[C@@H](OC)[C@@H](OC)C(=O)[C@H](C)CC(C)C)[C@H](C)C[C@@H]2CC[C@@H](O)[C@H](OC)C2)O1)OCCOCCOC. The maximum Gasteiger partial charge on any atom is 0.329 e. The van der Waals surface area contributed by atoms with E-state index in [0.29, 0.717) is 95.7 Å². The van der Waals surface area contributed by atoms with Gasteiger partial charge in [-0.15, -0.1) is 0 Å². The number of aliphatic hydroxyl groups excluding tert-OH is 1. The zero-order valence-electron chi connectivity index (χ0n) is 46.1. The summed E-state index contributed by atoms with van der Waals surface area (Å²) in [5.41, 5.74) is 1.56. The van der Waals surface area contributed by atoms with Crippen LogP contribution in [0.3, 0.4) is 0 Å². The summed E-state index contributed by atoms with van der Waals surface area (Å²) in [6.07, 6.45) is 8.58. The van der Waals surface area contributed by atoms with Gasteiger partial charge in [0.2, 0.25) is 5.79 Å². The summed E-state index contributed by atoms with van der Waals surface area (Å²) in [4.78, 5) is 72.3. The smallest absolute Gasteiger partial charge is 0.329 e. The number of nitrogens with zero attached hydrogens (tertiary/aromatic N) is 1. The Labute approximate surface area is 431 Å².